The fourth-order valence-corrected chi connectivity index (χ4v) is 6.19. The second-order valence-corrected chi connectivity index (χ2v) is 10.8. The van der Waals surface area contributed by atoms with E-state index in [4.69, 9.17) is 28.9 Å². The molecule has 2 aromatic carbocycles. The molecule has 4 rings (SSSR count). The highest BCUT2D eigenvalue weighted by molar-refractivity contribution is 7.91. The van der Waals surface area contributed by atoms with Gasteiger partial charge in [-0.25, -0.2) is 13.1 Å². The second kappa shape index (κ2) is 9.24. The minimum atomic E-state index is -2.96. The van der Waals surface area contributed by atoms with E-state index in [-0.39, 0.29) is 17.5 Å². The first-order valence-electron chi connectivity index (χ1n) is 10.3. The standard InChI is InChI=1S/C22H25ClN4O2S2/c1-2-25(20-12-13-31(28,29)15-20)16-26-22(30)27(19-10-8-18(23)9-11-19)21(24-26)14-17-6-4-3-5-7-17/h3-11,20H,2,12-16H2,1H3. The predicted molar refractivity (Wildman–Crippen MR) is 126 cm³/mol. The zero-order chi connectivity index (χ0) is 22.0. The van der Waals surface area contributed by atoms with Crippen molar-refractivity contribution in [2.45, 2.75) is 32.5 Å². The lowest BCUT2D eigenvalue weighted by molar-refractivity contribution is 0.163. The Morgan fingerprint density at radius 3 is 2.48 bits per heavy atom. The maximum absolute atomic E-state index is 12.0. The predicted octanol–water partition coefficient (Wildman–Crippen LogP) is 4.11. The summed E-state index contributed by atoms with van der Waals surface area (Å²) < 4.78 is 28.3. The lowest BCUT2D eigenvalue weighted by Crippen LogP contribution is -2.37. The van der Waals surface area contributed by atoms with Gasteiger partial charge >= 0.3 is 0 Å². The van der Waals surface area contributed by atoms with E-state index >= 15 is 0 Å². The average molecular weight is 477 g/mol. The minimum Gasteiger partial charge on any atom is -0.281 e. The summed E-state index contributed by atoms with van der Waals surface area (Å²) in [6, 6.07) is 17.7. The van der Waals surface area contributed by atoms with Crippen molar-refractivity contribution in [1.29, 1.82) is 0 Å². The van der Waals surface area contributed by atoms with Crippen LogP contribution in [0.25, 0.3) is 5.69 Å². The van der Waals surface area contributed by atoms with E-state index in [1.807, 2.05) is 54.0 Å². The molecule has 2 heterocycles. The number of sulfone groups is 1. The molecule has 1 atom stereocenters. The normalized spacial score (nSPS) is 18.0. The van der Waals surface area contributed by atoms with Crippen LogP contribution in [-0.4, -0.2) is 51.8 Å². The molecule has 1 saturated heterocycles. The van der Waals surface area contributed by atoms with Crippen molar-refractivity contribution in [3.8, 4) is 5.69 Å². The topological polar surface area (TPSA) is 60.1 Å². The number of benzene rings is 2. The fourth-order valence-electron chi connectivity index (χ4n) is 4.00. The zero-order valence-electron chi connectivity index (χ0n) is 17.3. The Bertz CT molecular complexity index is 1200. The van der Waals surface area contributed by atoms with Gasteiger partial charge in [-0.1, -0.05) is 48.9 Å². The van der Waals surface area contributed by atoms with Crippen molar-refractivity contribution in [1.82, 2.24) is 19.2 Å². The number of hydrogen-bond acceptors (Lipinski definition) is 5. The van der Waals surface area contributed by atoms with Crippen molar-refractivity contribution in [3.05, 3.63) is 75.8 Å². The summed E-state index contributed by atoms with van der Waals surface area (Å²) in [5.41, 5.74) is 2.04. The minimum absolute atomic E-state index is 0.00449. The highest BCUT2D eigenvalue weighted by Crippen LogP contribution is 2.21. The molecule has 0 amide bonds. The molecule has 31 heavy (non-hydrogen) atoms. The van der Waals surface area contributed by atoms with Gasteiger partial charge < -0.3 is 0 Å². The first-order valence-corrected chi connectivity index (χ1v) is 12.9. The van der Waals surface area contributed by atoms with Crippen molar-refractivity contribution in [2.75, 3.05) is 18.1 Å². The molecule has 1 aliphatic rings. The highest BCUT2D eigenvalue weighted by atomic mass is 35.5. The van der Waals surface area contributed by atoms with Crippen LogP contribution in [-0.2, 0) is 22.9 Å². The van der Waals surface area contributed by atoms with E-state index in [9.17, 15) is 8.42 Å². The summed E-state index contributed by atoms with van der Waals surface area (Å²) in [5, 5.41) is 5.51. The van der Waals surface area contributed by atoms with Gasteiger partial charge in [0.1, 0.15) is 5.82 Å². The first kappa shape index (κ1) is 22.2. The van der Waals surface area contributed by atoms with Crippen LogP contribution in [0.15, 0.2) is 54.6 Å². The lowest BCUT2D eigenvalue weighted by atomic mass is 10.1. The maximum Gasteiger partial charge on any atom is 0.203 e. The van der Waals surface area contributed by atoms with Crippen LogP contribution in [0.5, 0.6) is 0 Å². The highest BCUT2D eigenvalue weighted by Gasteiger charge is 2.32. The monoisotopic (exact) mass is 476 g/mol. The molecule has 1 unspecified atom stereocenters. The van der Waals surface area contributed by atoms with Crippen LogP contribution < -0.4 is 0 Å². The van der Waals surface area contributed by atoms with Crippen LogP contribution in [0, 0.1) is 4.77 Å². The summed E-state index contributed by atoms with van der Waals surface area (Å²) in [5.74, 6) is 1.27. The summed E-state index contributed by atoms with van der Waals surface area (Å²) >= 11 is 11.9. The van der Waals surface area contributed by atoms with Gasteiger partial charge in [0.05, 0.1) is 18.2 Å². The molecule has 6 nitrogen and oxygen atoms in total. The van der Waals surface area contributed by atoms with Crippen molar-refractivity contribution >= 4 is 33.7 Å². The summed E-state index contributed by atoms with van der Waals surface area (Å²) in [6.07, 6.45) is 1.28. The van der Waals surface area contributed by atoms with Crippen LogP contribution in [0.1, 0.15) is 24.7 Å². The van der Waals surface area contributed by atoms with E-state index in [2.05, 4.69) is 17.0 Å². The lowest BCUT2D eigenvalue weighted by Gasteiger charge is -2.26. The van der Waals surface area contributed by atoms with Gasteiger partial charge in [-0.05, 0) is 55.0 Å². The average Bonchev–Trinajstić information content (AvgIpc) is 3.26. The molecule has 0 aliphatic carbocycles. The third-order valence-electron chi connectivity index (χ3n) is 5.64. The van der Waals surface area contributed by atoms with Gasteiger partial charge in [0.15, 0.2) is 9.84 Å². The van der Waals surface area contributed by atoms with Gasteiger partial charge in [0.25, 0.3) is 0 Å². The molecule has 0 bridgehead atoms. The zero-order valence-corrected chi connectivity index (χ0v) is 19.7. The third-order valence-corrected chi connectivity index (χ3v) is 8.04. The summed E-state index contributed by atoms with van der Waals surface area (Å²) in [4.78, 5) is 2.14. The van der Waals surface area contributed by atoms with Crippen LogP contribution in [0.3, 0.4) is 0 Å². The number of nitrogens with zero attached hydrogens (tertiary/aromatic N) is 4. The number of aromatic nitrogens is 3. The second-order valence-electron chi connectivity index (χ2n) is 7.78. The van der Waals surface area contributed by atoms with Gasteiger partial charge in [0, 0.05) is 23.2 Å². The van der Waals surface area contributed by atoms with E-state index in [0.29, 0.717) is 29.3 Å². The first-order chi connectivity index (χ1) is 14.9. The van der Waals surface area contributed by atoms with Crippen molar-refractivity contribution < 1.29 is 8.42 Å². The molecule has 1 fully saturated rings. The summed E-state index contributed by atoms with van der Waals surface area (Å²) in [7, 11) is -2.96. The molecule has 0 N–H and O–H groups in total. The Morgan fingerprint density at radius 2 is 1.87 bits per heavy atom. The van der Waals surface area contributed by atoms with Gasteiger partial charge in [-0.3, -0.25) is 9.47 Å². The molecule has 0 radical (unpaired) electrons. The maximum atomic E-state index is 12.0. The van der Waals surface area contributed by atoms with Crippen LogP contribution in [0.4, 0.5) is 0 Å². The Kier molecular flexibility index (Phi) is 6.62. The molecule has 164 valence electrons. The van der Waals surface area contributed by atoms with Crippen molar-refractivity contribution in [2.24, 2.45) is 0 Å². The van der Waals surface area contributed by atoms with Gasteiger partial charge in [-0.2, -0.15) is 5.10 Å². The Hall–Kier alpha value is -2.00. The van der Waals surface area contributed by atoms with Crippen LogP contribution >= 0.6 is 23.8 Å². The van der Waals surface area contributed by atoms with E-state index in [1.165, 1.54) is 0 Å². The van der Waals surface area contributed by atoms with Crippen LogP contribution in [0.2, 0.25) is 5.02 Å². The quantitative estimate of drug-likeness (QED) is 0.480. The molecular weight excluding hydrogens is 452 g/mol. The molecule has 9 heteroatoms. The largest absolute Gasteiger partial charge is 0.281 e. The Labute approximate surface area is 193 Å². The molecule has 0 saturated carbocycles. The number of hydrogen-bond donors (Lipinski definition) is 0. The van der Waals surface area contributed by atoms with Gasteiger partial charge in [-0.15, -0.1) is 0 Å². The third kappa shape index (κ3) is 5.09. The molecule has 1 aliphatic heterocycles. The molecule has 0 spiro atoms. The molecular formula is C22H25ClN4O2S2. The van der Waals surface area contributed by atoms with E-state index < -0.39 is 9.84 Å². The van der Waals surface area contributed by atoms with E-state index in [1.54, 1.807) is 4.68 Å². The fraction of sp³-hybridized carbons (Fsp3) is 0.364. The van der Waals surface area contributed by atoms with Crippen molar-refractivity contribution in [3.63, 3.8) is 0 Å². The summed E-state index contributed by atoms with van der Waals surface area (Å²) in [6.45, 7) is 3.22. The Morgan fingerprint density at radius 1 is 1.16 bits per heavy atom. The smallest absolute Gasteiger partial charge is 0.203 e. The SMILES string of the molecule is CCN(Cn1nc(Cc2ccccc2)n(-c2ccc(Cl)cc2)c1=S)C1CCS(=O)(=O)C1. The number of halogens is 1. The van der Waals surface area contributed by atoms with E-state index in [0.717, 1.165) is 23.6 Å². The molecule has 1 aromatic heterocycles. The Balaban J connectivity index is 1.70. The molecule has 3 aromatic rings. The number of rotatable bonds is 7. The van der Waals surface area contributed by atoms with Gasteiger partial charge in [0.2, 0.25) is 4.77 Å².